The second kappa shape index (κ2) is 5.08. The Morgan fingerprint density at radius 1 is 1.00 bits per heavy atom. The van der Waals surface area contributed by atoms with Crippen molar-refractivity contribution in [3.63, 3.8) is 0 Å². The van der Waals surface area contributed by atoms with Gasteiger partial charge in [0.25, 0.3) is 0 Å². The second-order valence-corrected chi connectivity index (χ2v) is 4.10. The minimum absolute atomic E-state index is 0.483. The van der Waals surface area contributed by atoms with Gasteiger partial charge in [0.1, 0.15) is 0 Å². The lowest BCUT2D eigenvalue weighted by atomic mass is 10.2. The predicted octanol–water partition coefficient (Wildman–Crippen LogP) is 3.00. The Kier molecular flexibility index (Phi) is 3.12. The quantitative estimate of drug-likeness (QED) is 0.734. The molecule has 0 radical (unpaired) electrons. The number of nitrogen functional groups attached to an aromatic ring is 1. The molecule has 1 heterocycles. The van der Waals surface area contributed by atoms with Gasteiger partial charge in [-0.3, -0.25) is 0 Å². The van der Waals surface area contributed by atoms with Crippen molar-refractivity contribution >= 4 is 16.7 Å². The first kappa shape index (κ1) is 12.3. The smallest absolute Gasteiger partial charge is 0.179 e. The maximum atomic E-state index is 5.85. The standard InChI is InChI=1S/C14H13N3O3/c1-2-18-10-5-3-4-6-11(10)19-12-8-7-9(15)13-14(12)17-20-16-13/h3-8H,2,15H2,1H3. The van der Waals surface area contributed by atoms with Gasteiger partial charge in [-0.2, -0.15) is 0 Å². The van der Waals surface area contributed by atoms with E-state index in [9.17, 15) is 0 Å². The van der Waals surface area contributed by atoms with E-state index in [-0.39, 0.29) is 0 Å². The van der Waals surface area contributed by atoms with Gasteiger partial charge in [-0.15, -0.1) is 0 Å². The molecule has 2 aromatic carbocycles. The summed E-state index contributed by atoms with van der Waals surface area (Å²) >= 11 is 0. The monoisotopic (exact) mass is 271 g/mol. The van der Waals surface area contributed by atoms with Crippen molar-refractivity contribution in [3.8, 4) is 17.2 Å². The van der Waals surface area contributed by atoms with Gasteiger partial charge in [0.05, 0.1) is 12.3 Å². The van der Waals surface area contributed by atoms with Gasteiger partial charge >= 0.3 is 0 Å². The van der Waals surface area contributed by atoms with Crippen molar-refractivity contribution in [1.82, 2.24) is 10.3 Å². The molecule has 1 aromatic heterocycles. The number of nitrogens with zero attached hydrogens (tertiary/aromatic N) is 2. The second-order valence-electron chi connectivity index (χ2n) is 4.10. The third kappa shape index (κ3) is 2.11. The summed E-state index contributed by atoms with van der Waals surface area (Å²) in [5.41, 5.74) is 7.26. The first-order chi connectivity index (χ1) is 9.79. The SMILES string of the molecule is CCOc1ccccc1Oc1ccc(N)c2nonc12. The van der Waals surface area contributed by atoms with Crippen molar-refractivity contribution in [3.05, 3.63) is 36.4 Å². The molecule has 6 nitrogen and oxygen atoms in total. The molecular formula is C14H13N3O3. The van der Waals surface area contributed by atoms with Gasteiger partial charge in [-0.1, -0.05) is 12.1 Å². The number of aromatic nitrogens is 2. The predicted molar refractivity (Wildman–Crippen MR) is 73.9 cm³/mol. The van der Waals surface area contributed by atoms with Crippen molar-refractivity contribution in [2.75, 3.05) is 12.3 Å². The zero-order chi connectivity index (χ0) is 13.9. The van der Waals surface area contributed by atoms with E-state index in [0.29, 0.717) is 40.6 Å². The molecule has 3 rings (SSSR count). The minimum atomic E-state index is 0.483. The minimum Gasteiger partial charge on any atom is -0.490 e. The Morgan fingerprint density at radius 3 is 2.55 bits per heavy atom. The van der Waals surface area contributed by atoms with Gasteiger partial charge < -0.3 is 15.2 Å². The summed E-state index contributed by atoms with van der Waals surface area (Å²) in [6.45, 7) is 2.47. The lowest BCUT2D eigenvalue weighted by molar-refractivity contribution is 0.312. The van der Waals surface area contributed by atoms with Crippen LogP contribution in [0.1, 0.15) is 6.92 Å². The highest BCUT2D eigenvalue weighted by Crippen LogP contribution is 2.35. The van der Waals surface area contributed by atoms with Crippen LogP contribution >= 0.6 is 0 Å². The van der Waals surface area contributed by atoms with Crippen LogP contribution in [0.25, 0.3) is 11.0 Å². The number of fused-ring (bicyclic) bond motifs is 1. The molecule has 0 unspecified atom stereocenters. The summed E-state index contributed by atoms with van der Waals surface area (Å²) in [6, 6.07) is 10.8. The highest BCUT2D eigenvalue weighted by Gasteiger charge is 2.13. The highest BCUT2D eigenvalue weighted by atomic mass is 16.6. The largest absolute Gasteiger partial charge is 0.490 e. The first-order valence-electron chi connectivity index (χ1n) is 6.20. The molecule has 0 atom stereocenters. The summed E-state index contributed by atoms with van der Waals surface area (Å²) < 4.78 is 16.1. The Hall–Kier alpha value is -2.76. The average Bonchev–Trinajstić information content (AvgIpc) is 2.95. The van der Waals surface area contributed by atoms with E-state index < -0.39 is 0 Å². The highest BCUT2D eigenvalue weighted by molar-refractivity contribution is 5.90. The Morgan fingerprint density at radius 2 is 1.75 bits per heavy atom. The van der Waals surface area contributed by atoms with Crippen LogP contribution in [0.5, 0.6) is 17.2 Å². The van der Waals surface area contributed by atoms with E-state index in [1.165, 1.54) is 0 Å². The number of para-hydroxylation sites is 2. The zero-order valence-corrected chi connectivity index (χ0v) is 10.9. The molecule has 0 saturated heterocycles. The summed E-state index contributed by atoms with van der Waals surface area (Å²) in [5, 5.41) is 7.58. The van der Waals surface area contributed by atoms with E-state index >= 15 is 0 Å². The number of hydrogen-bond acceptors (Lipinski definition) is 6. The molecule has 102 valence electrons. The van der Waals surface area contributed by atoms with E-state index in [4.69, 9.17) is 19.8 Å². The Bertz CT molecular complexity index is 739. The average molecular weight is 271 g/mol. The summed E-state index contributed by atoms with van der Waals surface area (Å²) in [5.74, 6) is 1.78. The van der Waals surface area contributed by atoms with Gasteiger partial charge in [0.15, 0.2) is 28.3 Å². The lowest BCUT2D eigenvalue weighted by Gasteiger charge is -2.11. The van der Waals surface area contributed by atoms with Crippen molar-refractivity contribution in [2.45, 2.75) is 6.92 Å². The molecule has 20 heavy (non-hydrogen) atoms. The summed E-state index contributed by atoms with van der Waals surface area (Å²) in [4.78, 5) is 0. The van der Waals surface area contributed by atoms with Crippen molar-refractivity contribution in [2.24, 2.45) is 0 Å². The van der Waals surface area contributed by atoms with Gasteiger partial charge in [-0.05, 0) is 41.5 Å². The third-order valence-electron chi connectivity index (χ3n) is 2.78. The molecule has 0 aliphatic carbocycles. The van der Waals surface area contributed by atoms with Crippen molar-refractivity contribution in [1.29, 1.82) is 0 Å². The number of ether oxygens (including phenoxy) is 2. The fourth-order valence-corrected chi connectivity index (χ4v) is 1.87. The van der Waals surface area contributed by atoms with Gasteiger partial charge in [-0.25, -0.2) is 4.63 Å². The van der Waals surface area contributed by atoms with E-state index in [2.05, 4.69) is 10.3 Å². The molecule has 0 aliphatic heterocycles. The van der Waals surface area contributed by atoms with Crippen molar-refractivity contribution < 1.29 is 14.1 Å². The summed E-state index contributed by atoms with van der Waals surface area (Å²) in [6.07, 6.45) is 0. The van der Waals surface area contributed by atoms with Gasteiger partial charge in [0, 0.05) is 0 Å². The van der Waals surface area contributed by atoms with E-state index in [1.807, 2.05) is 31.2 Å². The maximum Gasteiger partial charge on any atom is 0.179 e. The van der Waals surface area contributed by atoms with Crippen LogP contribution in [-0.4, -0.2) is 16.9 Å². The van der Waals surface area contributed by atoms with Crippen LogP contribution in [0.15, 0.2) is 41.0 Å². The Labute approximate surface area is 115 Å². The molecule has 3 aromatic rings. The number of benzene rings is 2. The third-order valence-corrected chi connectivity index (χ3v) is 2.78. The number of nitrogens with two attached hydrogens (primary N) is 1. The zero-order valence-electron chi connectivity index (χ0n) is 10.9. The molecule has 0 aliphatic rings. The molecular weight excluding hydrogens is 258 g/mol. The Balaban J connectivity index is 2.01. The lowest BCUT2D eigenvalue weighted by Crippen LogP contribution is -1.95. The molecule has 0 spiro atoms. The number of rotatable bonds is 4. The number of hydrogen-bond donors (Lipinski definition) is 1. The summed E-state index contributed by atoms with van der Waals surface area (Å²) in [7, 11) is 0. The van der Waals surface area contributed by atoms with Crippen LogP contribution in [0.3, 0.4) is 0 Å². The van der Waals surface area contributed by atoms with Crippen LogP contribution in [0.4, 0.5) is 5.69 Å². The molecule has 0 saturated carbocycles. The fraction of sp³-hybridized carbons (Fsp3) is 0.143. The number of anilines is 1. The van der Waals surface area contributed by atoms with Crippen LogP contribution in [-0.2, 0) is 0 Å². The topological polar surface area (TPSA) is 83.4 Å². The molecule has 0 fully saturated rings. The first-order valence-corrected chi connectivity index (χ1v) is 6.20. The normalized spacial score (nSPS) is 10.7. The van der Waals surface area contributed by atoms with Crippen LogP contribution in [0.2, 0.25) is 0 Å². The maximum absolute atomic E-state index is 5.85. The molecule has 0 bridgehead atoms. The fourth-order valence-electron chi connectivity index (χ4n) is 1.87. The van der Waals surface area contributed by atoms with Crippen LogP contribution < -0.4 is 15.2 Å². The molecule has 2 N–H and O–H groups in total. The van der Waals surface area contributed by atoms with Gasteiger partial charge in [0.2, 0.25) is 0 Å². The van der Waals surface area contributed by atoms with E-state index in [1.54, 1.807) is 12.1 Å². The molecule has 6 heteroatoms. The van der Waals surface area contributed by atoms with E-state index in [0.717, 1.165) is 0 Å². The molecule has 0 amide bonds. The van der Waals surface area contributed by atoms with Crippen LogP contribution in [0, 0.1) is 0 Å².